The first-order valence-electron chi connectivity index (χ1n) is 6.11. The maximum atomic E-state index is 11.4. The van der Waals surface area contributed by atoms with Gasteiger partial charge in [0.1, 0.15) is 0 Å². The van der Waals surface area contributed by atoms with E-state index >= 15 is 0 Å². The quantitative estimate of drug-likeness (QED) is 0.469. The fourth-order valence-corrected chi connectivity index (χ4v) is 3.05. The molecule has 0 aliphatic heterocycles. The van der Waals surface area contributed by atoms with Crippen molar-refractivity contribution in [2.24, 2.45) is 0 Å². The summed E-state index contributed by atoms with van der Waals surface area (Å²) in [6.07, 6.45) is 0. The number of thioether (sulfide) groups is 2. The normalized spacial score (nSPS) is 10.0. The number of rotatable bonds is 4. The van der Waals surface area contributed by atoms with E-state index in [-0.39, 0.29) is 26.6 Å². The lowest BCUT2D eigenvalue weighted by Gasteiger charge is -2.15. The second-order valence-electron chi connectivity index (χ2n) is 4.09. The first-order valence-corrected chi connectivity index (χ1v) is 7.74. The van der Waals surface area contributed by atoms with E-state index in [4.69, 9.17) is 9.47 Å². The van der Waals surface area contributed by atoms with E-state index in [1.807, 2.05) is 0 Å². The van der Waals surface area contributed by atoms with E-state index in [1.165, 1.54) is 39.8 Å². The molecule has 0 aromatic heterocycles. The Bertz CT molecular complexity index is 583. The van der Waals surface area contributed by atoms with Gasteiger partial charge in [0.05, 0.1) is 4.90 Å². The molecule has 0 heterocycles. The average molecular weight is 342 g/mol. The molecule has 0 bridgehead atoms. The Kier molecular flexibility index (Phi) is 6.63. The minimum atomic E-state index is -0.635. The van der Waals surface area contributed by atoms with Crippen molar-refractivity contribution in [1.82, 2.24) is 0 Å². The van der Waals surface area contributed by atoms with Gasteiger partial charge in [-0.2, -0.15) is 0 Å². The maximum absolute atomic E-state index is 11.4. The number of hydrogen-bond donors (Lipinski definition) is 0. The van der Waals surface area contributed by atoms with Crippen LogP contribution in [-0.4, -0.2) is 22.2 Å². The molecule has 0 fully saturated rings. The fraction of sp³-hybridized carbons (Fsp3) is 0.286. The molecule has 0 saturated carbocycles. The molecule has 0 aliphatic carbocycles. The van der Waals surface area contributed by atoms with Gasteiger partial charge in [0, 0.05) is 32.6 Å². The molecule has 8 heteroatoms. The largest absolute Gasteiger partial charge is 0.423 e. The summed E-state index contributed by atoms with van der Waals surface area (Å²) in [5, 5.41) is -0.460. The van der Waals surface area contributed by atoms with Gasteiger partial charge in [-0.25, -0.2) is 0 Å². The molecule has 0 radical (unpaired) electrons. The summed E-state index contributed by atoms with van der Waals surface area (Å²) in [6, 6.07) is 2.94. The van der Waals surface area contributed by atoms with Crippen molar-refractivity contribution in [3.63, 3.8) is 0 Å². The van der Waals surface area contributed by atoms with Crippen molar-refractivity contribution in [3.05, 3.63) is 12.1 Å². The number of carbonyl (C=O) groups is 4. The van der Waals surface area contributed by atoms with Gasteiger partial charge in [0.2, 0.25) is 0 Å². The second-order valence-corrected chi connectivity index (χ2v) is 6.50. The van der Waals surface area contributed by atoms with E-state index in [9.17, 15) is 19.2 Å². The zero-order valence-electron chi connectivity index (χ0n) is 12.4. The van der Waals surface area contributed by atoms with Gasteiger partial charge in [-0.15, -0.1) is 0 Å². The molecule has 1 aromatic carbocycles. The highest BCUT2D eigenvalue weighted by Gasteiger charge is 2.22. The van der Waals surface area contributed by atoms with Crippen LogP contribution >= 0.6 is 23.5 Å². The van der Waals surface area contributed by atoms with Crippen molar-refractivity contribution in [1.29, 1.82) is 0 Å². The number of benzene rings is 1. The molecular weight excluding hydrogens is 328 g/mol. The smallest absolute Gasteiger partial charge is 0.308 e. The zero-order chi connectivity index (χ0) is 16.9. The summed E-state index contributed by atoms with van der Waals surface area (Å²) in [7, 11) is 0. The molecule has 0 amide bonds. The van der Waals surface area contributed by atoms with Crippen LogP contribution in [0.2, 0.25) is 0 Å². The van der Waals surface area contributed by atoms with Crippen LogP contribution in [0.5, 0.6) is 11.5 Å². The lowest BCUT2D eigenvalue weighted by atomic mass is 10.3. The highest BCUT2D eigenvalue weighted by molar-refractivity contribution is 8.16. The number of hydrogen-bond acceptors (Lipinski definition) is 8. The molecule has 22 heavy (non-hydrogen) atoms. The predicted octanol–water partition coefficient (Wildman–Crippen LogP) is 2.81. The van der Waals surface area contributed by atoms with Crippen molar-refractivity contribution in [2.75, 3.05) is 0 Å². The topological polar surface area (TPSA) is 86.7 Å². The molecule has 6 nitrogen and oxygen atoms in total. The monoisotopic (exact) mass is 342 g/mol. The third-order valence-electron chi connectivity index (χ3n) is 2.04. The maximum Gasteiger partial charge on any atom is 0.308 e. The van der Waals surface area contributed by atoms with Crippen LogP contribution in [0.1, 0.15) is 27.7 Å². The van der Waals surface area contributed by atoms with Crippen LogP contribution in [0.3, 0.4) is 0 Å². The summed E-state index contributed by atoms with van der Waals surface area (Å²) >= 11 is 1.69. The minimum Gasteiger partial charge on any atom is -0.423 e. The van der Waals surface area contributed by atoms with E-state index in [1.54, 1.807) is 0 Å². The molecule has 0 saturated heterocycles. The summed E-state index contributed by atoms with van der Waals surface area (Å²) in [4.78, 5) is 45.9. The summed E-state index contributed by atoms with van der Waals surface area (Å²) in [5.74, 6) is -1.27. The number of carbonyl (C=O) groups excluding carboxylic acids is 4. The Labute approximate surface area is 135 Å². The predicted molar refractivity (Wildman–Crippen MR) is 82.1 cm³/mol. The fourth-order valence-electron chi connectivity index (χ4n) is 1.48. The standard InChI is InChI=1S/C14H14O6S2/c1-7(15)19-11-5-6-12(21-9(3)17)14(22-10(4)18)13(11)20-8(2)16/h5-6H,1-4H3. The molecular formula is C14H14O6S2. The van der Waals surface area contributed by atoms with Crippen molar-refractivity contribution >= 4 is 45.7 Å². The van der Waals surface area contributed by atoms with Crippen LogP contribution in [0, 0.1) is 0 Å². The van der Waals surface area contributed by atoms with Crippen LogP contribution in [-0.2, 0) is 19.2 Å². The molecule has 1 aromatic rings. The molecule has 0 atom stereocenters. The molecule has 1 rings (SSSR count). The van der Waals surface area contributed by atoms with Crippen LogP contribution in [0.4, 0.5) is 0 Å². The highest BCUT2D eigenvalue weighted by Crippen LogP contribution is 2.44. The van der Waals surface area contributed by atoms with Gasteiger partial charge in [0.15, 0.2) is 21.7 Å². The SMILES string of the molecule is CC(=O)Oc1ccc(SC(C)=O)c(SC(C)=O)c1OC(C)=O. The Morgan fingerprint density at radius 2 is 1.36 bits per heavy atom. The second kappa shape index (κ2) is 8.00. The first kappa shape index (κ1) is 18.2. The highest BCUT2D eigenvalue weighted by atomic mass is 32.2. The van der Waals surface area contributed by atoms with Crippen LogP contribution in [0.25, 0.3) is 0 Å². The van der Waals surface area contributed by atoms with Crippen LogP contribution < -0.4 is 9.47 Å². The summed E-state index contributed by atoms with van der Waals surface area (Å²) in [6.45, 7) is 5.10. The Balaban J connectivity index is 3.48. The minimum absolute atomic E-state index is 0.0133. The Morgan fingerprint density at radius 1 is 0.818 bits per heavy atom. The molecule has 0 aliphatic rings. The third kappa shape index (κ3) is 5.53. The Hall–Kier alpha value is -1.80. The Morgan fingerprint density at radius 3 is 1.82 bits per heavy atom. The third-order valence-corrected chi connectivity index (χ3v) is 3.91. The van der Waals surface area contributed by atoms with Crippen molar-refractivity contribution in [2.45, 2.75) is 37.5 Å². The molecule has 118 valence electrons. The lowest BCUT2D eigenvalue weighted by Crippen LogP contribution is -2.09. The van der Waals surface area contributed by atoms with E-state index in [0.29, 0.717) is 4.90 Å². The molecule has 0 spiro atoms. The van der Waals surface area contributed by atoms with Gasteiger partial charge in [-0.3, -0.25) is 19.2 Å². The van der Waals surface area contributed by atoms with Gasteiger partial charge >= 0.3 is 11.9 Å². The number of ether oxygens (including phenoxy) is 2. The van der Waals surface area contributed by atoms with Gasteiger partial charge in [0.25, 0.3) is 0 Å². The number of esters is 2. The summed E-state index contributed by atoms with van der Waals surface area (Å²) in [5.41, 5.74) is 0. The van der Waals surface area contributed by atoms with Gasteiger partial charge in [-0.1, -0.05) is 11.8 Å². The van der Waals surface area contributed by atoms with Gasteiger partial charge < -0.3 is 9.47 Å². The van der Waals surface area contributed by atoms with Gasteiger partial charge in [-0.05, 0) is 23.9 Å². The van der Waals surface area contributed by atoms with E-state index < -0.39 is 11.9 Å². The average Bonchev–Trinajstić information content (AvgIpc) is 2.34. The van der Waals surface area contributed by atoms with Crippen LogP contribution in [0.15, 0.2) is 21.9 Å². The zero-order valence-corrected chi connectivity index (χ0v) is 14.1. The molecule has 0 unspecified atom stereocenters. The van der Waals surface area contributed by atoms with E-state index in [2.05, 4.69) is 0 Å². The first-order chi connectivity index (χ1) is 10.2. The molecule has 0 N–H and O–H groups in total. The van der Waals surface area contributed by atoms with Crippen molar-refractivity contribution in [3.8, 4) is 11.5 Å². The van der Waals surface area contributed by atoms with E-state index in [0.717, 1.165) is 23.5 Å². The summed E-state index contributed by atoms with van der Waals surface area (Å²) < 4.78 is 10.1. The van der Waals surface area contributed by atoms with Crippen molar-refractivity contribution < 1.29 is 28.7 Å². The lowest BCUT2D eigenvalue weighted by molar-refractivity contribution is -0.134.